The number of hydrogen-bond acceptors (Lipinski definition) is 5. The molecular weight excluding hydrogens is 414 g/mol. The van der Waals surface area contributed by atoms with Gasteiger partial charge in [-0.25, -0.2) is 14.5 Å². The average Bonchev–Trinajstić information content (AvgIpc) is 3.53. The highest BCUT2D eigenvalue weighted by Gasteiger charge is 2.26. The second kappa shape index (κ2) is 8.07. The number of hydrogen-bond donors (Lipinski definition) is 2. The highest BCUT2D eigenvalue weighted by Crippen LogP contribution is 2.25. The van der Waals surface area contributed by atoms with Crippen LogP contribution in [0.2, 0.25) is 0 Å². The highest BCUT2D eigenvalue weighted by atomic mass is 32.1. The lowest BCUT2D eigenvalue weighted by Crippen LogP contribution is -2.39. The molecule has 0 aliphatic carbocycles. The molecule has 1 aromatic carbocycles. The van der Waals surface area contributed by atoms with Crippen molar-refractivity contribution in [1.29, 1.82) is 0 Å². The molecule has 0 saturated carbocycles. The van der Waals surface area contributed by atoms with Crippen LogP contribution in [0.3, 0.4) is 0 Å². The smallest absolute Gasteiger partial charge is 0.348 e. The molecule has 1 saturated heterocycles. The Bertz CT molecular complexity index is 1260. The lowest BCUT2D eigenvalue weighted by atomic mass is 9.93. The first-order valence-electron chi connectivity index (χ1n) is 10.3. The van der Waals surface area contributed by atoms with E-state index >= 15 is 0 Å². The summed E-state index contributed by atoms with van der Waals surface area (Å²) in [4.78, 5) is 30.3. The Labute approximate surface area is 182 Å². The van der Waals surface area contributed by atoms with Crippen LogP contribution in [-0.4, -0.2) is 50.8 Å². The van der Waals surface area contributed by atoms with Gasteiger partial charge in [0.1, 0.15) is 22.3 Å². The molecule has 31 heavy (non-hydrogen) atoms. The molecule has 4 heterocycles. The minimum atomic E-state index is -0.208. The third-order valence-corrected chi connectivity index (χ3v) is 6.75. The van der Waals surface area contributed by atoms with E-state index in [0.29, 0.717) is 31.1 Å². The molecule has 9 heteroatoms. The van der Waals surface area contributed by atoms with Crippen molar-refractivity contribution in [3.05, 3.63) is 63.8 Å². The Kier molecular flexibility index (Phi) is 5.11. The number of H-pyrrole nitrogens is 2. The molecule has 1 fully saturated rings. The van der Waals surface area contributed by atoms with Crippen molar-refractivity contribution in [2.75, 3.05) is 20.2 Å². The van der Waals surface area contributed by atoms with Gasteiger partial charge in [-0.15, -0.1) is 11.3 Å². The number of nitrogens with one attached hydrogen (secondary N) is 2. The number of fused-ring (bicyclic) bond motifs is 1. The van der Waals surface area contributed by atoms with E-state index in [-0.39, 0.29) is 11.6 Å². The molecule has 0 unspecified atom stereocenters. The topological polar surface area (TPSA) is 96.0 Å². The summed E-state index contributed by atoms with van der Waals surface area (Å²) in [6, 6.07) is 11.5. The van der Waals surface area contributed by atoms with E-state index in [1.807, 2.05) is 46.7 Å². The highest BCUT2D eigenvalue weighted by molar-refractivity contribution is 7.12. The number of carbonyl (C=O) groups excluding carboxylic acids is 1. The van der Waals surface area contributed by atoms with Gasteiger partial charge in [0.2, 0.25) is 0 Å². The van der Waals surface area contributed by atoms with Crippen LogP contribution in [0.25, 0.3) is 15.9 Å². The number of amides is 1. The van der Waals surface area contributed by atoms with Gasteiger partial charge >= 0.3 is 5.69 Å². The van der Waals surface area contributed by atoms with Crippen LogP contribution in [-0.2, 0) is 6.42 Å². The number of benzene rings is 1. The molecule has 0 atom stereocenters. The fourth-order valence-electron chi connectivity index (χ4n) is 4.21. The first-order chi connectivity index (χ1) is 15.1. The van der Waals surface area contributed by atoms with Crippen molar-refractivity contribution >= 4 is 28.1 Å². The van der Waals surface area contributed by atoms with Crippen molar-refractivity contribution < 1.29 is 9.53 Å². The van der Waals surface area contributed by atoms with Gasteiger partial charge in [-0.1, -0.05) is 0 Å². The Morgan fingerprint density at radius 3 is 2.84 bits per heavy atom. The zero-order chi connectivity index (χ0) is 21.4. The molecule has 0 spiro atoms. The molecule has 3 aromatic heterocycles. The number of piperidine rings is 1. The third-order valence-electron chi connectivity index (χ3n) is 5.90. The maximum atomic E-state index is 13.0. The number of ether oxygens (including phenoxy) is 1. The summed E-state index contributed by atoms with van der Waals surface area (Å²) in [5.41, 5.74) is 1.28. The lowest BCUT2D eigenvalue weighted by Gasteiger charge is -2.31. The average molecular weight is 438 g/mol. The molecule has 0 radical (unpaired) electrons. The molecule has 2 N–H and O–H groups in total. The maximum Gasteiger partial charge on any atom is 0.348 e. The number of nitrogens with zero attached hydrogens (tertiary/aromatic N) is 3. The van der Waals surface area contributed by atoms with Crippen molar-refractivity contribution in [2.24, 2.45) is 5.92 Å². The number of thiophene rings is 1. The molecule has 4 aromatic rings. The second-order valence-electron chi connectivity index (χ2n) is 7.81. The van der Waals surface area contributed by atoms with Gasteiger partial charge < -0.3 is 14.6 Å². The second-order valence-corrected chi connectivity index (χ2v) is 8.73. The van der Waals surface area contributed by atoms with Gasteiger partial charge in [0.25, 0.3) is 5.91 Å². The molecule has 1 aliphatic heterocycles. The minimum absolute atomic E-state index is 0.0175. The van der Waals surface area contributed by atoms with Gasteiger partial charge in [-0.05, 0) is 54.5 Å². The Morgan fingerprint density at radius 1 is 1.26 bits per heavy atom. The summed E-state index contributed by atoms with van der Waals surface area (Å²) in [5.74, 6) is 1.91. The molecule has 1 aliphatic rings. The van der Waals surface area contributed by atoms with E-state index in [0.717, 1.165) is 40.3 Å². The van der Waals surface area contributed by atoms with E-state index in [1.165, 1.54) is 11.3 Å². The SMILES string of the molecule is COc1ccc2cc(C(=O)N3CCC(Cc4n[nH]c(=O)n4-c4cccs4)CC3)[nH]c2c1. The Balaban J connectivity index is 1.25. The lowest BCUT2D eigenvalue weighted by molar-refractivity contribution is 0.0684. The summed E-state index contributed by atoms with van der Waals surface area (Å²) >= 11 is 1.52. The molecule has 1 amide bonds. The number of methoxy groups -OCH3 is 1. The number of aromatic nitrogens is 4. The monoisotopic (exact) mass is 437 g/mol. The zero-order valence-corrected chi connectivity index (χ0v) is 17.9. The summed E-state index contributed by atoms with van der Waals surface area (Å²) in [5, 5.41) is 10.6. The molecule has 8 nitrogen and oxygen atoms in total. The van der Waals surface area contributed by atoms with Gasteiger partial charge in [0, 0.05) is 36.5 Å². The maximum absolute atomic E-state index is 13.0. The van der Waals surface area contributed by atoms with Gasteiger partial charge in [-0.2, -0.15) is 5.10 Å². The van der Waals surface area contributed by atoms with Gasteiger partial charge in [0.05, 0.1) is 7.11 Å². The summed E-state index contributed by atoms with van der Waals surface area (Å²) in [7, 11) is 1.63. The quantitative estimate of drug-likeness (QED) is 0.501. The van der Waals surface area contributed by atoms with Crippen LogP contribution >= 0.6 is 11.3 Å². The van der Waals surface area contributed by atoms with E-state index < -0.39 is 0 Å². The van der Waals surface area contributed by atoms with E-state index in [2.05, 4.69) is 15.2 Å². The predicted molar refractivity (Wildman–Crippen MR) is 119 cm³/mol. The Morgan fingerprint density at radius 2 is 2.10 bits per heavy atom. The first-order valence-corrected chi connectivity index (χ1v) is 11.2. The van der Waals surface area contributed by atoms with Crippen LogP contribution in [0.15, 0.2) is 46.6 Å². The molecule has 5 rings (SSSR count). The van der Waals surface area contributed by atoms with Crippen LogP contribution in [0, 0.1) is 5.92 Å². The Hall–Kier alpha value is -3.33. The van der Waals surface area contributed by atoms with E-state index in [9.17, 15) is 9.59 Å². The fourth-order valence-corrected chi connectivity index (χ4v) is 4.96. The minimum Gasteiger partial charge on any atom is -0.497 e. The molecule has 0 bridgehead atoms. The van der Waals surface area contributed by atoms with E-state index in [1.54, 1.807) is 11.7 Å². The van der Waals surface area contributed by atoms with Crippen molar-refractivity contribution in [3.8, 4) is 10.8 Å². The number of carbonyl (C=O) groups is 1. The van der Waals surface area contributed by atoms with Crippen LogP contribution < -0.4 is 10.4 Å². The van der Waals surface area contributed by atoms with Crippen molar-refractivity contribution in [3.63, 3.8) is 0 Å². The predicted octanol–water partition coefficient (Wildman–Crippen LogP) is 3.21. The first kappa shape index (κ1) is 19.6. The van der Waals surface area contributed by atoms with Gasteiger partial charge in [-0.3, -0.25) is 4.79 Å². The standard InChI is InChI=1S/C22H23N5O3S/c1-30-16-5-4-15-12-18(23-17(15)13-16)21(28)26-8-6-14(7-9-26)11-19-24-25-22(29)27(19)20-3-2-10-31-20/h2-5,10,12-14,23H,6-9,11H2,1H3,(H,25,29). The summed E-state index contributed by atoms with van der Waals surface area (Å²) in [6.45, 7) is 1.38. The number of rotatable bonds is 5. The third kappa shape index (κ3) is 3.76. The normalized spacial score (nSPS) is 14.9. The number of aromatic amines is 2. The van der Waals surface area contributed by atoms with Crippen LogP contribution in [0.5, 0.6) is 5.75 Å². The van der Waals surface area contributed by atoms with E-state index in [4.69, 9.17) is 4.74 Å². The largest absolute Gasteiger partial charge is 0.497 e. The van der Waals surface area contributed by atoms with Crippen LogP contribution in [0.4, 0.5) is 0 Å². The van der Waals surface area contributed by atoms with Crippen molar-refractivity contribution in [1.82, 2.24) is 24.6 Å². The van der Waals surface area contributed by atoms with Crippen molar-refractivity contribution in [2.45, 2.75) is 19.3 Å². The molecular formula is C22H23N5O3S. The fraction of sp³-hybridized carbons (Fsp3) is 0.318. The molecule has 160 valence electrons. The summed E-state index contributed by atoms with van der Waals surface area (Å²) in [6.07, 6.45) is 2.47. The van der Waals surface area contributed by atoms with Gasteiger partial charge in [0.15, 0.2) is 0 Å². The van der Waals surface area contributed by atoms with Crippen LogP contribution in [0.1, 0.15) is 29.2 Å². The summed E-state index contributed by atoms with van der Waals surface area (Å²) < 4.78 is 6.91. The zero-order valence-electron chi connectivity index (χ0n) is 17.1. The number of likely N-dealkylation sites (tertiary alicyclic amines) is 1.